The molecule has 3 aromatic heterocycles. The fourth-order valence-corrected chi connectivity index (χ4v) is 4.08. The van der Waals surface area contributed by atoms with E-state index in [2.05, 4.69) is 25.4 Å². The van der Waals surface area contributed by atoms with Crippen LogP contribution in [0, 0.1) is 0 Å². The standard InChI is InChI=1S/C21H21ClN8O2/c1-10(21(32)30-8-12(23)9-30)26-20(31)14-6-24-19-18(14)27-15(7-25-19)17-13-5-11(22)3-4-16(13)29(2)28-17/h3-7,10,12H,8-9,23H2,1-2H3,(H,24,25)(H,26,31)/t10-/m1/s1. The van der Waals surface area contributed by atoms with Gasteiger partial charge in [0.2, 0.25) is 5.91 Å². The number of nitrogens with two attached hydrogens (primary N) is 1. The number of carbonyl (C=O) groups is 2. The van der Waals surface area contributed by atoms with Gasteiger partial charge in [0.25, 0.3) is 5.91 Å². The van der Waals surface area contributed by atoms with Crippen LogP contribution in [0.15, 0.2) is 30.6 Å². The molecule has 11 heteroatoms. The van der Waals surface area contributed by atoms with Crippen LogP contribution in [0.3, 0.4) is 0 Å². The normalized spacial score (nSPS) is 15.2. The lowest BCUT2D eigenvalue weighted by molar-refractivity contribution is -0.137. The van der Waals surface area contributed by atoms with Gasteiger partial charge in [0.1, 0.15) is 22.9 Å². The summed E-state index contributed by atoms with van der Waals surface area (Å²) in [6.45, 7) is 2.66. The predicted octanol–water partition coefficient (Wildman–Crippen LogP) is 1.45. The molecular weight excluding hydrogens is 432 g/mol. The summed E-state index contributed by atoms with van der Waals surface area (Å²) >= 11 is 6.18. The zero-order valence-electron chi connectivity index (χ0n) is 17.5. The molecule has 4 aromatic rings. The molecule has 0 spiro atoms. The van der Waals surface area contributed by atoms with E-state index in [-0.39, 0.29) is 11.9 Å². The molecule has 0 aliphatic carbocycles. The van der Waals surface area contributed by atoms with Gasteiger partial charge in [0, 0.05) is 42.8 Å². The molecule has 4 N–H and O–H groups in total. The average Bonchev–Trinajstić information content (AvgIpc) is 3.31. The summed E-state index contributed by atoms with van der Waals surface area (Å²) in [4.78, 5) is 39.0. The van der Waals surface area contributed by atoms with E-state index < -0.39 is 11.9 Å². The van der Waals surface area contributed by atoms with Crippen molar-refractivity contribution >= 4 is 45.5 Å². The van der Waals surface area contributed by atoms with E-state index in [1.54, 1.807) is 28.8 Å². The number of hydrogen-bond donors (Lipinski definition) is 3. The third-order valence-electron chi connectivity index (χ3n) is 5.62. The summed E-state index contributed by atoms with van der Waals surface area (Å²) in [5, 5.41) is 8.73. The van der Waals surface area contributed by atoms with Gasteiger partial charge in [-0.15, -0.1) is 0 Å². The van der Waals surface area contributed by atoms with E-state index >= 15 is 0 Å². The van der Waals surface area contributed by atoms with Gasteiger partial charge >= 0.3 is 0 Å². The number of amides is 2. The monoisotopic (exact) mass is 452 g/mol. The Morgan fingerprint density at radius 2 is 2.12 bits per heavy atom. The van der Waals surface area contributed by atoms with Crippen LogP contribution in [0.25, 0.3) is 33.5 Å². The minimum atomic E-state index is -0.682. The maximum atomic E-state index is 12.9. The minimum Gasteiger partial charge on any atom is -0.344 e. The number of carbonyl (C=O) groups excluding carboxylic acids is 2. The van der Waals surface area contributed by atoms with Crippen LogP contribution < -0.4 is 11.1 Å². The number of aromatic amines is 1. The quantitative estimate of drug-likeness (QED) is 0.429. The first-order valence-corrected chi connectivity index (χ1v) is 10.5. The van der Waals surface area contributed by atoms with Gasteiger partial charge in [-0.1, -0.05) is 11.6 Å². The summed E-state index contributed by atoms with van der Waals surface area (Å²) < 4.78 is 1.74. The lowest BCUT2D eigenvalue weighted by Gasteiger charge is -2.38. The number of halogens is 1. The molecule has 0 radical (unpaired) electrons. The predicted molar refractivity (Wildman–Crippen MR) is 120 cm³/mol. The Morgan fingerprint density at radius 1 is 1.34 bits per heavy atom. The maximum absolute atomic E-state index is 12.9. The Morgan fingerprint density at radius 3 is 2.88 bits per heavy atom. The number of likely N-dealkylation sites (tertiary alicyclic amines) is 1. The van der Waals surface area contributed by atoms with Crippen molar-refractivity contribution in [1.82, 2.24) is 34.9 Å². The molecule has 0 unspecified atom stereocenters. The third kappa shape index (κ3) is 3.37. The summed E-state index contributed by atoms with van der Waals surface area (Å²) in [7, 11) is 1.84. The highest BCUT2D eigenvalue weighted by molar-refractivity contribution is 6.31. The molecule has 2 amide bonds. The minimum absolute atomic E-state index is 0.00159. The fourth-order valence-electron chi connectivity index (χ4n) is 3.91. The summed E-state index contributed by atoms with van der Waals surface area (Å²) in [5.41, 5.74) is 8.92. The number of nitrogens with one attached hydrogen (secondary N) is 2. The van der Waals surface area contributed by atoms with Crippen LogP contribution in [0.5, 0.6) is 0 Å². The molecule has 5 rings (SSSR count). The largest absolute Gasteiger partial charge is 0.344 e. The summed E-state index contributed by atoms with van der Waals surface area (Å²) in [6, 6.07) is 4.83. The van der Waals surface area contributed by atoms with Crippen molar-refractivity contribution < 1.29 is 9.59 Å². The first-order chi connectivity index (χ1) is 15.3. The SMILES string of the molecule is C[C@@H](NC(=O)c1c[nH]c2ncc(-c3nn(C)c4ccc(Cl)cc34)nc12)C(=O)N1CC(N)C1. The molecular formula is C21H21ClN8O2. The Labute approximate surface area is 187 Å². The molecule has 0 saturated carbocycles. The molecule has 164 valence electrons. The van der Waals surface area contributed by atoms with Crippen molar-refractivity contribution in [1.29, 1.82) is 0 Å². The maximum Gasteiger partial charge on any atom is 0.255 e. The lowest BCUT2D eigenvalue weighted by atomic mass is 10.1. The van der Waals surface area contributed by atoms with Gasteiger partial charge in [0.15, 0.2) is 5.65 Å². The Hall–Kier alpha value is -3.50. The smallest absolute Gasteiger partial charge is 0.255 e. The lowest BCUT2D eigenvalue weighted by Crippen LogP contribution is -2.61. The van der Waals surface area contributed by atoms with Gasteiger partial charge in [0.05, 0.1) is 17.3 Å². The van der Waals surface area contributed by atoms with Crippen molar-refractivity contribution in [2.24, 2.45) is 12.8 Å². The van der Waals surface area contributed by atoms with Crippen molar-refractivity contribution in [2.45, 2.75) is 19.0 Å². The van der Waals surface area contributed by atoms with E-state index in [4.69, 9.17) is 17.3 Å². The van der Waals surface area contributed by atoms with Crippen LogP contribution in [0.1, 0.15) is 17.3 Å². The van der Waals surface area contributed by atoms with Crippen molar-refractivity contribution in [2.75, 3.05) is 13.1 Å². The van der Waals surface area contributed by atoms with E-state index in [1.165, 1.54) is 6.20 Å². The highest BCUT2D eigenvalue weighted by Crippen LogP contribution is 2.29. The van der Waals surface area contributed by atoms with E-state index in [0.717, 1.165) is 10.9 Å². The molecule has 1 aliphatic heterocycles. The Kier molecular flexibility index (Phi) is 4.83. The fraction of sp³-hybridized carbons (Fsp3) is 0.286. The van der Waals surface area contributed by atoms with Gasteiger partial charge in [-0.05, 0) is 25.1 Å². The number of fused-ring (bicyclic) bond motifs is 2. The second-order valence-corrected chi connectivity index (χ2v) is 8.42. The number of rotatable bonds is 4. The Balaban J connectivity index is 1.46. The molecule has 1 saturated heterocycles. The topological polar surface area (TPSA) is 135 Å². The van der Waals surface area contributed by atoms with Gasteiger partial charge in [-0.25, -0.2) is 9.97 Å². The molecule has 1 aromatic carbocycles. The van der Waals surface area contributed by atoms with E-state index in [0.29, 0.717) is 46.2 Å². The van der Waals surface area contributed by atoms with E-state index in [1.807, 2.05) is 19.2 Å². The highest BCUT2D eigenvalue weighted by Gasteiger charge is 2.31. The number of benzene rings is 1. The molecule has 32 heavy (non-hydrogen) atoms. The van der Waals surface area contributed by atoms with Crippen LogP contribution in [0.2, 0.25) is 5.02 Å². The molecule has 1 fully saturated rings. The molecule has 1 atom stereocenters. The zero-order valence-corrected chi connectivity index (χ0v) is 18.2. The van der Waals surface area contributed by atoms with Gasteiger partial charge in [-0.2, -0.15) is 5.10 Å². The summed E-state index contributed by atoms with van der Waals surface area (Å²) in [6.07, 6.45) is 3.14. The van der Waals surface area contributed by atoms with Gasteiger partial charge in [-0.3, -0.25) is 14.3 Å². The number of aromatic nitrogens is 5. The van der Waals surface area contributed by atoms with Crippen molar-refractivity contribution in [3.63, 3.8) is 0 Å². The second kappa shape index (κ2) is 7.57. The number of nitrogens with zero attached hydrogens (tertiary/aromatic N) is 5. The number of aryl methyl sites for hydroxylation is 1. The van der Waals surface area contributed by atoms with Crippen LogP contribution >= 0.6 is 11.6 Å². The van der Waals surface area contributed by atoms with Crippen molar-refractivity contribution in [3.8, 4) is 11.4 Å². The van der Waals surface area contributed by atoms with Crippen LogP contribution in [-0.4, -0.2) is 66.6 Å². The second-order valence-electron chi connectivity index (χ2n) is 7.99. The average molecular weight is 453 g/mol. The molecule has 4 heterocycles. The third-order valence-corrected chi connectivity index (χ3v) is 5.86. The first-order valence-electron chi connectivity index (χ1n) is 10.1. The first kappa shape index (κ1) is 20.4. The highest BCUT2D eigenvalue weighted by atomic mass is 35.5. The van der Waals surface area contributed by atoms with Crippen LogP contribution in [-0.2, 0) is 11.8 Å². The van der Waals surface area contributed by atoms with E-state index in [9.17, 15) is 9.59 Å². The van der Waals surface area contributed by atoms with Gasteiger partial charge < -0.3 is 20.9 Å². The van der Waals surface area contributed by atoms with Crippen LogP contribution in [0.4, 0.5) is 0 Å². The summed E-state index contributed by atoms with van der Waals surface area (Å²) in [5.74, 6) is -0.578. The molecule has 1 aliphatic rings. The molecule has 10 nitrogen and oxygen atoms in total. The zero-order chi connectivity index (χ0) is 22.6. The molecule has 0 bridgehead atoms. The van der Waals surface area contributed by atoms with Crippen molar-refractivity contribution in [3.05, 3.63) is 41.2 Å². The number of H-pyrrole nitrogens is 1. The number of hydrogen-bond acceptors (Lipinski definition) is 6. The Bertz CT molecular complexity index is 1370.